The van der Waals surface area contributed by atoms with Crippen LogP contribution in [0.5, 0.6) is 0 Å². The van der Waals surface area contributed by atoms with Gasteiger partial charge in [0.25, 0.3) is 0 Å². The summed E-state index contributed by atoms with van der Waals surface area (Å²) in [5.41, 5.74) is 2.11. The number of hydrogen-bond donors (Lipinski definition) is 1. The van der Waals surface area contributed by atoms with Gasteiger partial charge in [0.2, 0.25) is 5.91 Å². The van der Waals surface area contributed by atoms with Gasteiger partial charge in [0, 0.05) is 40.7 Å². The molecule has 0 aromatic heterocycles. The molecule has 160 valence electrons. The van der Waals surface area contributed by atoms with Crippen molar-refractivity contribution in [1.29, 1.82) is 0 Å². The number of carbonyl (C=O) groups excluding carboxylic acids is 2. The number of benzene rings is 2. The maximum Gasteiger partial charge on any atom is 0.337 e. The summed E-state index contributed by atoms with van der Waals surface area (Å²) < 4.78 is 0. The molecule has 1 unspecified atom stereocenters. The summed E-state index contributed by atoms with van der Waals surface area (Å²) in [5, 5.41) is 10.1. The second-order valence-electron chi connectivity index (χ2n) is 8.81. The van der Waals surface area contributed by atoms with Crippen LogP contribution < -0.4 is 4.90 Å². The highest BCUT2D eigenvalue weighted by atomic mass is 35.5. The quantitative estimate of drug-likeness (QED) is 0.626. The van der Waals surface area contributed by atoms with E-state index in [-0.39, 0.29) is 40.0 Å². The molecule has 0 bridgehead atoms. The van der Waals surface area contributed by atoms with Crippen molar-refractivity contribution in [2.45, 2.75) is 39.0 Å². The van der Waals surface area contributed by atoms with Crippen LogP contribution in [0.3, 0.4) is 0 Å². The Morgan fingerprint density at radius 1 is 1.06 bits per heavy atom. The molecule has 1 atom stereocenters. The maximum atomic E-state index is 13.4. The third-order valence-electron chi connectivity index (χ3n) is 5.85. The molecular weight excluding hydrogens is 437 g/mol. The fourth-order valence-corrected chi connectivity index (χ4v) is 4.84. The van der Waals surface area contributed by atoms with E-state index in [1.54, 1.807) is 18.2 Å². The van der Waals surface area contributed by atoms with Crippen molar-refractivity contribution in [2.75, 3.05) is 4.90 Å². The molecule has 0 radical (unpaired) electrons. The van der Waals surface area contributed by atoms with E-state index in [1.807, 2.05) is 26.0 Å². The lowest BCUT2D eigenvalue weighted by molar-refractivity contribution is -0.121. The lowest BCUT2D eigenvalue weighted by Gasteiger charge is -2.43. The number of Topliss-reactive ketones (excluding diaryl/α,β-unsaturated/α-hetero) is 1. The van der Waals surface area contributed by atoms with Crippen LogP contribution in [0, 0.1) is 5.41 Å². The van der Waals surface area contributed by atoms with Gasteiger partial charge in [0.05, 0.1) is 10.6 Å². The highest BCUT2D eigenvalue weighted by Crippen LogP contribution is 2.48. The number of nitrogens with zero attached hydrogens (tertiary/aromatic N) is 1. The molecule has 1 aliphatic carbocycles. The maximum absolute atomic E-state index is 13.4. The molecule has 0 saturated heterocycles. The van der Waals surface area contributed by atoms with Gasteiger partial charge in [-0.25, -0.2) is 4.79 Å². The number of halogens is 2. The number of carboxylic acids is 1. The van der Waals surface area contributed by atoms with Crippen LogP contribution in [0.25, 0.3) is 0 Å². The van der Waals surface area contributed by atoms with E-state index in [4.69, 9.17) is 23.2 Å². The standard InChI is InChI=1S/C24H21Cl2NO4/c1-24(2)11-19-22(20(28)12-24)16(13-3-5-14(25)6-4-13)10-21(29)27(19)15-7-8-18(26)17(9-15)23(30)31/h3-9,16H,10-12H2,1-2H3,(H,30,31). The molecule has 1 amide bonds. The predicted molar refractivity (Wildman–Crippen MR) is 120 cm³/mol. The molecule has 0 fully saturated rings. The molecule has 0 saturated carbocycles. The van der Waals surface area contributed by atoms with E-state index in [0.717, 1.165) is 5.56 Å². The largest absolute Gasteiger partial charge is 0.478 e. The Labute approximate surface area is 190 Å². The molecule has 1 N–H and O–H groups in total. The molecule has 4 rings (SSSR count). The highest BCUT2D eigenvalue weighted by molar-refractivity contribution is 6.33. The molecule has 2 aromatic rings. The SMILES string of the molecule is CC1(C)CC(=O)C2=C(C1)N(c1ccc(Cl)c(C(=O)O)c1)C(=O)CC2c1ccc(Cl)cc1. The molecule has 31 heavy (non-hydrogen) atoms. The summed E-state index contributed by atoms with van der Waals surface area (Å²) in [5.74, 6) is -1.71. The minimum atomic E-state index is -1.18. The van der Waals surface area contributed by atoms with Crippen molar-refractivity contribution in [3.8, 4) is 0 Å². The zero-order valence-electron chi connectivity index (χ0n) is 17.1. The molecule has 0 spiro atoms. The topological polar surface area (TPSA) is 74.7 Å². The van der Waals surface area contributed by atoms with E-state index in [9.17, 15) is 19.5 Å². The summed E-state index contributed by atoms with van der Waals surface area (Å²) in [6.07, 6.45) is 1.02. The van der Waals surface area contributed by atoms with Crippen molar-refractivity contribution in [3.05, 3.63) is 74.9 Å². The van der Waals surface area contributed by atoms with E-state index in [2.05, 4.69) is 0 Å². The minimum Gasteiger partial charge on any atom is -0.478 e. The van der Waals surface area contributed by atoms with Gasteiger partial charge in [0.1, 0.15) is 0 Å². The zero-order chi connectivity index (χ0) is 22.5. The van der Waals surface area contributed by atoms with Crippen molar-refractivity contribution >= 4 is 46.5 Å². The lowest BCUT2D eigenvalue weighted by Crippen LogP contribution is -2.43. The number of hydrogen-bond acceptors (Lipinski definition) is 3. The number of carboxylic acid groups (broad SMARTS) is 1. The van der Waals surface area contributed by atoms with Gasteiger partial charge in [-0.15, -0.1) is 0 Å². The van der Waals surface area contributed by atoms with Gasteiger partial charge in [-0.05, 0) is 47.7 Å². The first-order valence-corrected chi connectivity index (χ1v) is 10.7. The summed E-state index contributed by atoms with van der Waals surface area (Å²) in [6, 6.07) is 11.7. The molecular formula is C24H21Cl2NO4. The Bertz CT molecular complexity index is 1130. The fourth-order valence-electron chi connectivity index (χ4n) is 4.51. The Hall–Kier alpha value is -2.63. The average molecular weight is 458 g/mol. The monoisotopic (exact) mass is 457 g/mol. The van der Waals surface area contributed by atoms with Gasteiger partial charge in [-0.1, -0.05) is 49.2 Å². The van der Waals surface area contributed by atoms with Crippen LogP contribution >= 0.6 is 23.2 Å². The van der Waals surface area contributed by atoms with Crippen LogP contribution in [0.15, 0.2) is 53.7 Å². The van der Waals surface area contributed by atoms with E-state index in [1.165, 1.54) is 17.0 Å². The normalized spacial score (nSPS) is 20.6. The van der Waals surface area contributed by atoms with Crippen LogP contribution in [-0.4, -0.2) is 22.8 Å². The van der Waals surface area contributed by atoms with Gasteiger partial charge < -0.3 is 5.11 Å². The summed E-state index contributed by atoms with van der Waals surface area (Å²) in [4.78, 5) is 39.7. The number of aromatic carboxylic acids is 1. The molecule has 5 nitrogen and oxygen atoms in total. The predicted octanol–water partition coefficient (Wildman–Crippen LogP) is 5.86. The molecule has 2 aromatic carbocycles. The number of amides is 1. The van der Waals surface area contributed by atoms with Gasteiger partial charge >= 0.3 is 5.97 Å². The first-order chi connectivity index (χ1) is 14.6. The summed E-state index contributed by atoms with van der Waals surface area (Å²) in [6.45, 7) is 3.99. The summed E-state index contributed by atoms with van der Waals surface area (Å²) in [7, 11) is 0. The first-order valence-electron chi connectivity index (χ1n) is 9.95. The van der Waals surface area contributed by atoms with E-state index < -0.39 is 5.97 Å². The van der Waals surface area contributed by atoms with Crippen LogP contribution in [-0.2, 0) is 9.59 Å². The third kappa shape index (κ3) is 4.00. The summed E-state index contributed by atoms with van der Waals surface area (Å²) >= 11 is 12.1. The smallest absolute Gasteiger partial charge is 0.337 e. The minimum absolute atomic E-state index is 0.0103. The number of rotatable bonds is 3. The van der Waals surface area contributed by atoms with Crippen LogP contribution in [0.1, 0.15) is 54.9 Å². The van der Waals surface area contributed by atoms with E-state index in [0.29, 0.717) is 34.8 Å². The number of ketones is 1. The van der Waals surface area contributed by atoms with Crippen LogP contribution in [0.4, 0.5) is 5.69 Å². The van der Waals surface area contributed by atoms with Crippen molar-refractivity contribution < 1.29 is 19.5 Å². The number of allylic oxidation sites excluding steroid dienone is 2. The molecule has 2 aliphatic rings. The number of anilines is 1. The Morgan fingerprint density at radius 3 is 2.39 bits per heavy atom. The lowest BCUT2D eigenvalue weighted by atomic mass is 9.69. The number of carbonyl (C=O) groups is 3. The Kier molecular flexibility index (Phi) is 5.44. The third-order valence-corrected chi connectivity index (χ3v) is 6.44. The second-order valence-corrected chi connectivity index (χ2v) is 9.65. The van der Waals surface area contributed by atoms with Gasteiger partial charge in [0.15, 0.2) is 5.78 Å². The average Bonchev–Trinajstić information content (AvgIpc) is 2.67. The van der Waals surface area contributed by atoms with Gasteiger partial charge in [-0.3, -0.25) is 14.5 Å². The highest BCUT2D eigenvalue weighted by Gasteiger charge is 2.44. The molecule has 1 heterocycles. The Morgan fingerprint density at radius 2 is 1.74 bits per heavy atom. The van der Waals surface area contributed by atoms with Crippen molar-refractivity contribution in [1.82, 2.24) is 0 Å². The Balaban J connectivity index is 1.90. The zero-order valence-corrected chi connectivity index (χ0v) is 18.6. The van der Waals surface area contributed by atoms with Crippen molar-refractivity contribution in [2.24, 2.45) is 5.41 Å². The van der Waals surface area contributed by atoms with E-state index >= 15 is 0 Å². The van der Waals surface area contributed by atoms with Gasteiger partial charge in [-0.2, -0.15) is 0 Å². The first kappa shape index (κ1) is 21.6. The van der Waals surface area contributed by atoms with Crippen LogP contribution in [0.2, 0.25) is 10.0 Å². The molecule has 1 aliphatic heterocycles. The molecule has 7 heteroatoms. The fraction of sp³-hybridized carbons (Fsp3) is 0.292. The van der Waals surface area contributed by atoms with Crippen molar-refractivity contribution in [3.63, 3.8) is 0 Å². The second kappa shape index (κ2) is 7.81.